The number of carbonyl (C=O) groups is 1. The van der Waals surface area contributed by atoms with Gasteiger partial charge in [0.2, 0.25) is 0 Å². The number of nitrogens with two attached hydrogens (primary N) is 1. The van der Waals surface area contributed by atoms with Crippen molar-refractivity contribution in [1.82, 2.24) is 5.43 Å². The number of hydrazine groups is 1. The van der Waals surface area contributed by atoms with E-state index >= 15 is 0 Å². The number of amides is 1. The SMILES string of the molecule is NNC(=O)c1ccc(OCCOc2ccccc2Br)cc1. The predicted octanol–water partition coefficient (Wildman–Crippen LogP) is 2.51. The summed E-state index contributed by atoms with van der Waals surface area (Å²) in [6.45, 7) is 0.831. The Morgan fingerprint density at radius 3 is 2.38 bits per heavy atom. The van der Waals surface area contributed by atoms with E-state index in [9.17, 15) is 4.79 Å². The van der Waals surface area contributed by atoms with Gasteiger partial charge in [-0.25, -0.2) is 5.84 Å². The molecule has 3 N–H and O–H groups in total. The van der Waals surface area contributed by atoms with Gasteiger partial charge in [-0.1, -0.05) is 12.1 Å². The first-order chi connectivity index (χ1) is 10.2. The lowest BCUT2D eigenvalue weighted by Crippen LogP contribution is -2.29. The minimum atomic E-state index is -0.334. The van der Waals surface area contributed by atoms with Gasteiger partial charge in [0.1, 0.15) is 24.7 Å². The van der Waals surface area contributed by atoms with Crippen LogP contribution in [0.3, 0.4) is 0 Å². The minimum absolute atomic E-state index is 0.334. The first kappa shape index (κ1) is 15.3. The normalized spacial score (nSPS) is 10.0. The first-order valence-electron chi connectivity index (χ1n) is 6.32. The van der Waals surface area contributed by atoms with Gasteiger partial charge < -0.3 is 9.47 Å². The van der Waals surface area contributed by atoms with Crippen molar-refractivity contribution in [1.29, 1.82) is 0 Å². The maximum atomic E-state index is 11.3. The molecule has 0 fully saturated rings. The Kier molecular flexibility index (Phi) is 5.59. The standard InChI is InChI=1S/C15H15BrN2O3/c16-13-3-1-2-4-14(13)21-10-9-20-12-7-5-11(6-8-12)15(19)18-17/h1-8H,9-10,17H2,(H,18,19). The van der Waals surface area contributed by atoms with Crippen molar-refractivity contribution in [2.75, 3.05) is 13.2 Å². The molecule has 1 amide bonds. The Bertz CT molecular complexity index is 602. The minimum Gasteiger partial charge on any atom is -0.490 e. The molecule has 5 nitrogen and oxygen atoms in total. The lowest BCUT2D eigenvalue weighted by molar-refractivity contribution is 0.0953. The Balaban J connectivity index is 1.79. The second-order valence-electron chi connectivity index (χ2n) is 4.13. The molecule has 2 rings (SSSR count). The van der Waals surface area contributed by atoms with Crippen LogP contribution in [0.4, 0.5) is 0 Å². The molecular weight excluding hydrogens is 336 g/mol. The molecule has 0 saturated heterocycles. The van der Waals surface area contributed by atoms with Crippen molar-refractivity contribution in [3.8, 4) is 11.5 Å². The van der Waals surface area contributed by atoms with Crippen molar-refractivity contribution in [3.05, 3.63) is 58.6 Å². The van der Waals surface area contributed by atoms with Crippen LogP contribution < -0.4 is 20.7 Å². The number of rotatable bonds is 6. The molecule has 110 valence electrons. The quantitative estimate of drug-likeness (QED) is 0.363. The van der Waals surface area contributed by atoms with E-state index in [2.05, 4.69) is 21.4 Å². The van der Waals surface area contributed by atoms with Crippen LogP contribution in [0.1, 0.15) is 10.4 Å². The molecule has 0 unspecified atom stereocenters. The fraction of sp³-hybridized carbons (Fsp3) is 0.133. The van der Waals surface area contributed by atoms with Crippen LogP contribution in [0.2, 0.25) is 0 Å². The average molecular weight is 351 g/mol. The summed E-state index contributed by atoms with van der Waals surface area (Å²) in [5.74, 6) is 6.16. The van der Waals surface area contributed by atoms with Crippen LogP contribution in [-0.4, -0.2) is 19.1 Å². The van der Waals surface area contributed by atoms with Gasteiger partial charge in [0.05, 0.1) is 4.47 Å². The van der Waals surface area contributed by atoms with Crippen molar-refractivity contribution < 1.29 is 14.3 Å². The van der Waals surface area contributed by atoms with Gasteiger partial charge in [0.15, 0.2) is 0 Å². The van der Waals surface area contributed by atoms with Gasteiger partial charge in [0.25, 0.3) is 5.91 Å². The summed E-state index contributed by atoms with van der Waals surface area (Å²) in [6.07, 6.45) is 0. The van der Waals surface area contributed by atoms with Crippen LogP contribution in [0, 0.1) is 0 Å². The summed E-state index contributed by atoms with van der Waals surface area (Å²) in [6, 6.07) is 14.3. The number of para-hydroxylation sites is 1. The molecule has 21 heavy (non-hydrogen) atoms. The molecule has 0 saturated carbocycles. The van der Waals surface area contributed by atoms with Gasteiger partial charge in [-0.15, -0.1) is 0 Å². The fourth-order valence-electron chi connectivity index (χ4n) is 1.66. The highest BCUT2D eigenvalue weighted by Crippen LogP contribution is 2.23. The number of nitrogens with one attached hydrogen (secondary N) is 1. The number of ether oxygens (including phenoxy) is 2. The van der Waals surface area contributed by atoms with E-state index in [1.807, 2.05) is 24.3 Å². The van der Waals surface area contributed by atoms with Crippen LogP contribution in [0.15, 0.2) is 53.0 Å². The second kappa shape index (κ2) is 7.66. The number of halogens is 1. The molecule has 0 aliphatic heterocycles. The molecule has 0 aliphatic rings. The molecular formula is C15H15BrN2O3. The molecule has 0 bridgehead atoms. The van der Waals surface area contributed by atoms with Crippen molar-refractivity contribution in [2.24, 2.45) is 5.84 Å². The Morgan fingerprint density at radius 2 is 1.71 bits per heavy atom. The Hall–Kier alpha value is -2.05. The van der Waals surface area contributed by atoms with E-state index in [4.69, 9.17) is 15.3 Å². The second-order valence-corrected chi connectivity index (χ2v) is 4.98. The smallest absolute Gasteiger partial charge is 0.265 e. The van der Waals surface area contributed by atoms with Gasteiger partial charge in [-0.3, -0.25) is 10.2 Å². The zero-order valence-corrected chi connectivity index (χ0v) is 12.8. The summed E-state index contributed by atoms with van der Waals surface area (Å²) in [5, 5.41) is 0. The van der Waals surface area contributed by atoms with Gasteiger partial charge in [0, 0.05) is 5.56 Å². The number of carbonyl (C=O) groups excluding carboxylic acids is 1. The zero-order valence-electron chi connectivity index (χ0n) is 11.2. The summed E-state index contributed by atoms with van der Waals surface area (Å²) in [7, 11) is 0. The summed E-state index contributed by atoms with van der Waals surface area (Å²) >= 11 is 3.41. The largest absolute Gasteiger partial charge is 0.490 e. The number of nitrogen functional groups attached to an aromatic ring is 1. The highest BCUT2D eigenvalue weighted by molar-refractivity contribution is 9.10. The van der Waals surface area contributed by atoms with E-state index in [0.717, 1.165) is 10.2 Å². The Morgan fingerprint density at radius 1 is 1.05 bits per heavy atom. The van der Waals surface area contributed by atoms with Crippen LogP contribution >= 0.6 is 15.9 Å². The topological polar surface area (TPSA) is 73.6 Å². The number of hydrogen-bond donors (Lipinski definition) is 2. The van der Waals surface area contributed by atoms with Gasteiger partial charge >= 0.3 is 0 Å². The highest BCUT2D eigenvalue weighted by Gasteiger charge is 2.03. The maximum absolute atomic E-state index is 11.3. The predicted molar refractivity (Wildman–Crippen MR) is 83.2 cm³/mol. The molecule has 0 radical (unpaired) electrons. The van der Waals surface area contributed by atoms with E-state index in [1.54, 1.807) is 24.3 Å². The monoisotopic (exact) mass is 350 g/mol. The van der Waals surface area contributed by atoms with Crippen molar-refractivity contribution in [3.63, 3.8) is 0 Å². The lowest BCUT2D eigenvalue weighted by Gasteiger charge is -2.09. The lowest BCUT2D eigenvalue weighted by atomic mass is 10.2. The van der Waals surface area contributed by atoms with Crippen molar-refractivity contribution in [2.45, 2.75) is 0 Å². The maximum Gasteiger partial charge on any atom is 0.265 e. The van der Waals surface area contributed by atoms with E-state index < -0.39 is 0 Å². The fourth-order valence-corrected chi connectivity index (χ4v) is 2.06. The molecule has 6 heteroatoms. The van der Waals surface area contributed by atoms with Crippen LogP contribution in [0.5, 0.6) is 11.5 Å². The summed E-state index contributed by atoms with van der Waals surface area (Å²) in [5.41, 5.74) is 2.55. The van der Waals surface area contributed by atoms with Gasteiger partial charge in [-0.05, 0) is 52.3 Å². The van der Waals surface area contributed by atoms with E-state index in [-0.39, 0.29) is 5.91 Å². The average Bonchev–Trinajstić information content (AvgIpc) is 2.53. The number of hydrogen-bond acceptors (Lipinski definition) is 4. The summed E-state index contributed by atoms with van der Waals surface area (Å²) < 4.78 is 12.0. The third-order valence-corrected chi connectivity index (χ3v) is 3.35. The van der Waals surface area contributed by atoms with Crippen LogP contribution in [-0.2, 0) is 0 Å². The third-order valence-electron chi connectivity index (χ3n) is 2.69. The third kappa shape index (κ3) is 4.47. The molecule has 2 aromatic carbocycles. The molecule has 2 aromatic rings. The molecule has 0 atom stereocenters. The van der Waals surface area contributed by atoms with Crippen molar-refractivity contribution >= 4 is 21.8 Å². The number of benzene rings is 2. The highest BCUT2D eigenvalue weighted by atomic mass is 79.9. The molecule has 0 aromatic heterocycles. The molecule has 0 spiro atoms. The zero-order chi connectivity index (χ0) is 15.1. The van der Waals surface area contributed by atoms with Crippen LogP contribution in [0.25, 0.3) is 0 Å². The summed E-state index contributed by atoms with van der Waals surface area (Å²) in [4.78, 5) is 11.3. The van der Waals surface area contributed by atoms with E-state index in [0.29, 0.717) is 24.5 Å². The first-order valence-corrected chi connectivity index (χ1v) is 7.11. The molecule has 0 heterocycles. The van der Waals surface area contributed by atoms with Gasteiger partial charge in [-0.2, -0.15) is 0 Å². The Labute approximate surface area is 131 Å². The van der Waals surface area contributed by atoms with E-state index in [1.165, 1.54) is 0 Å². The molecule has 0 aliphatic carbocycles.